The summed E-state index contributed by atoms with van der Waals surface area (Å²) in [6, 6.07) is 13.5. The van der Waals surface area contributed by atoms with Gasteiger partial charge >= 0.3 is 5.97 Å². The lowest BCUT2D eigenvalue weighted by molar-refractivity contribution is -0.240. The molecular formula is C32H39FN2O4. The van der Waals surface area contributed by atoms with Crippen molar-refractivity contribution in [3.8, 4) is 11.5 Å². The van der Waals surface area contributed by atoms with E-state index in [1.165, 1.54) is 12.8 Å². The summed E-state index contributed by atoms with van der Waals surface area (Å²) >= 11 is 0. The van der Waals surface area contributed by atoms with Gasteiger partial charge in [0.15, 0.2) is 11.5 Å². The van der Waals surface area contributed by atoms with Crippen LogP contribution in [0.5, 0.6) is 11.5 Å². The summed E-state index contributed by atoms with van der Waals surface area (Å²) in [7, 11) is 0. The molecule has 1 saturated heterocycles. The van der Waals surface area contributed by atoms with Gasteiger partial charge in [0.05, 0.1) is 11.5 Å². The number of hydrogen-bond acceptors (Lipinski definition) is 6. The first-order valence-electron chi connectivity index (χ1n) is 14.5. The van der Waals surface area contributed by atoms with Crippen molar-refractivity contribution in [3.63, 3.8) is 0 Å². The Hall–Kier alpha value is -2.64. The van der Waals surface area contributed by atoms with Crippen LogP contribution in [0.1, 0.15) is 63.1 Å². The molecular weight excluding hydrogens is 495 g/mol. The van der Waals surface area contributed by atoms with Gasteiger partial charge in [0, 0.05) is 24.7 Å². The highest BCUT2D eigenvalue weighted by Crippen LogP contribution is 2.67. The highest BCUT2D eigenvalue weighted by atomic mass is 19.1. The monoisotopic (exact) mass is 534 g/mol. The molecule has 3 fully saturated rings. The molecule has 1 spiro atoms. The van der Waals surface area contributed by atoms with E-state index in [0.29, 0.717) is 49.8 Å². The summed E-state index contributed by atoms with van der Waals surface area (Å²) < 4.78 is 36.9. The van der Waals surface area contributed by atoms with Crippen LogP contribution in [0.15, 0.2) is 42.5 Å². The van der Waals surface area contributed by atoms with Crippen LogP contribution in [0.3, 0.4) is 0 Å². The highest BCUT2D eigenvalue weighted by Gasteiger charge is 2.79. The normalized spacial score (nSPS) is 34.7. The van der Waals surface area contributed by atoms with Crippen LogP contribution in [0.2, 0.25) is 0 Å². The number of ether oxygens (including phenoxy) is 3. The Balaban J connectivity index is 1.39. The first-order chi connectivity index (χ1) is 18.6. The fourth-order valence-electron chi connectivity index (χ4n) is 7.85. The van der Waals surface area contributed by atoms with E-state index in [1.54, 1.807) is 0 Å². The van der Waals surface area contributed by atoms with E-state index < -0.39 is 28.7 Å². The molecule has 2 aromatic rings. The SMILES string of the molecule is CC(C)(C)C(=O)O[C@@]12CC[C@@H](N)[C@@H]3Oc4c(OCc5ccccc5)ccc5c4[C@@]31[C@@H](F)CN(CC1CC1)[C@H]2C5. The summed E-state index contributed by atoms with van der Waals surface area (Å²) in [5.74, 6) is 1.47. The van der Waals surface area contributed by atoms with Crippen LogP contribution in [0, 0.1) is 11.3 Å². The van der Waals surface area contributed by atoms with Gasteiger partial charge in [0.25, 0.3) is 0 Å². The van der Waals surface area contributed by atoms with Crippen molar-refractivity contribution in [2.45, 2.75) is 94.9 Å². The van der Waals surface area contributed by atoms with Crippen LogP contribution in [0.4, 0.5) is 4.39 Å². The molecule has 0 radical (unpaired) electrons. The molecule has 2 aliphatic heterocycles. The zero-order valence-corrected chi connectivity index (χ0v) is 23.1. The lowest BCUT2D eigenvalue weighted by atomic mass is 9.47. The molecule has 208 valence electrons. The first kappa shape index (κ1) is 25.3. The zero-order chi connectivity index (χ0) is 27.2. The molecule has 5 aliphatic rings. The third-order valence-corrected chi connectivity index (χ3v) is 9.85. The van der Waals surface area contributed by atoms with Crippen molar-refractivity contribution in [1.82, 2.24) is 4.90 Å². The molecule has 2 heterocycles. The molecule has 6 atom stereocenters. The summed E-state index contributed by atoms with van der Waals surface area (Å²) in [4.78, 5) is 15.9. The van der Waals surface area contributed by atoms with Crippen LogP contribution < -0.4 is 15.2 Å². The Labute approximate surface area is 230 Å². The largest absolute Gasteiger partial charge is 0.485 e. The average molecular weight is 535 g/mol. The van der Waals surface area contributed by atoms with Crippen LogP contribution in [-0.4, -0.2) is 53.9 Å². The molecule has 2 bridgehead atoms. The maximum absolute atomic E-state index is 17.2. The number of nitrogens with two attached hydrogens (primary N) is 1. The smallest absolute Gasteiger partial charge is 0.311 e. The molecule has 6 nitrogen and oxygen atoms in total. The first-order valence-corrected chi connectivity index (χ1v) is 14.5. The lowest BCUT2D eigenvalue weighted by Crippen LogP contribution is -2.82. The second kappa shape index (κ2) is 8.68. The van der Waals surface area contributed by atoms with Gasteiger partial charge in [-0.3, -0.25) is 9.69 Å². The number of carbonyl (C=O) groups excluding carboxylic acids is 1. The number of likely N-dealkylation sites (tertiary alicyclic amines) is 1. The van der Waals surface area contributed by atoms with E-state index in [0.717, 1.165) is 23.2 Å². The van der Waals surface area contributed by atoms with E-state index in [2.05, 4.69) is 11.0 Å². The molecule has 3 aliphatic carbocycles. The molecule has 2 aromatic carbocycles. The van der Waals surface area contributed by atoms with Gasteiger partial charge in [-0.15, -0.1) is 0 Å². The minimum atomic E-state index is -1.29. The van der Waals surface area contributed by atoms with E-state index in [1.807, 2.05) is 57.2 Å². The van der Waals surface area contributed by atoms with Gasteiger partial charge in [0.1, 0.15) is 29.9 Å². The minimum Gasteiger partial charge on any atom is -0.485 e. The van der Waals surface area contributed by atoms with Gasteiger partial charge in [-0.25, -0.2) is 4.39 Å². The van der Waals surface area contributed by atoms with Crippen LogP contribution in [-0.2, 0) is 28.0 Å². The molecule has 0 amide bonds. The Kier molecular flexibility index (Phi) is 5.64. The topological polar surface area (TPSA) is 74.0 Å². The predicted molar refractivity (Wildman–Crippen MR) is 145 cm³/mol. The molecule has 7 heteroatoms. The lowest BCUT2D eigenvalue weighted by Gasteiger charge is -2.66. The predicted octanol–water partition coefficient (Wildman–Crippen LogP) is 4.70. The van der Waals surface area contributed by atoms with Gasteiger partial charge in [0.2, 0.25) is 0 Å². The van der Waals surface area contributed by atoms with E-state index in [-0.39, 0.29) is 18.1 Å². The van der Waals surface area contributed by atoms with Crippen molar-refractivity contribution < 1.29 is 23.4 Å². The molecule has 0 aromatic heterocycles. The number of hydrogen-bond donors (Lipinski definition) is 1. The standard InChI is InChI=1S/C32H39FN2O4/c1-30(2,3)29(36)39-31-14-13-22(34)28-32(31)24(33)17-35(16-19-9-10-19)25(31)15-21-11-12-23(27(38-28)26(21)32)37-18-20-7-5-4-6-8-20/h4-8,11-12,19,22,24-25,28H,9-10,13-18,34H2,1-3H3/t22-,24+,25+,28+,31-,32+/m1/s1. The number of piperidine rings is 1. The van der Waals surface area contributed by atoms with Crippen molar-refractivity contribution in [2.24, 2.45) is 17.1 Å². The van der Waals surface area contributed by atoms with Crippen molar-refractivity contribution in [3.05, 3.63) is 59.2 Å². The number of esters is 1. The summed E-state index contributed by atoms with van der Waals surface area (Å²) in [6.07, 6.45) is 2.25. The average Bonchev–Trinajstić information content (AvgIpc) is 3.64. The van der Waals surface area contributed by atoms with E-state index >= 15 is 4.39 Å². The second-order valence-electron chi connectivity index (χ2n) is 13.4. The molecule has 7 rings (SSSR count). The number of rotatable bonds is 6. The second-order valence-corrected chi connectivity index (χ2v) is 13.4. The quantitative estimate of drug-likeness (QED) is 0.542. The number of halogens is 1. The summed E-state index contributed by atoms with van der Waals surface area (Å²) in [6.45, 7) is 7.11. The van der Waals surface area contributed by atoms with Crippen LogP contribution >= 0.6 is 0 Å². The van der Waals surface area contributed by atoms with Crippen molar-refractivity contribution in [2.75, 3.05) is 13.1 Å². The van der Waals surface area contributed by atoms with Crippen LogP contribution in [0.25, 0.3) is 0 Å². The molecule has 39 heavy (non-hydrogen) atoms. The van der Waals surface area contributed by atoms with Gasteiger partial charge in [-0.05, 0) is 76.0 Å². The van der Waals surface area contributed by atoms with Gasteiger partial charge in [-0.2, -0.15) is 0 Å². The Morgan fingerprint density at radius 3 is 2.64 bits per heavy atom. The number of benzene rings is 2. The Morgan fingerprint density at radius 2 is 1.92 bits per heavy atom. The third kappa shape index (κ3) is 3.61. The van der Waals surface area contributed by atoms with Crippen molar-refractivity contribution in [1.29, 1.82) is 0 Å². The summed E-state index contributed by atoms with van der Waals surface area (Å²) in [5.41, 5.74) is 6.75. The van der Waals surface area contributed by atoms with Gasteiger partial charge < -0.3 is 19.9 Å². The maximum atomic E-state index is 17.2. The minimum absolute atomic E-state index is 0.121. The Bertz CT molecular complexity index is 1290. The zero-order valence-electron chi connectivity index (χ0n) is 23.1. The third-order valence-electron chi connectivity index (χ3n) is 9.85. The highest BCUT2D eigenvalue weighted by molar-refractivity contribution is 5.77. The Morgan fingerprint density at radius 1 is 1.15 bits per heavy atom. The number of alkyl halides is 1. The van der Waals surface area contributed by atoms with E-state index in [9.17, 15) is 4.79 Å². The van der Waals surface area contributed by atoms with Crippen molar-refractivity contribution >= 4 is 5.97 Å². The van der Waals surface area contributed by atoms with Gasteiger partial charge in [-0.1, -0.05) is 36.4 Å². The maximum Gasteiger partial charge on any atom is 0.311 e. The fourth-order valence-corrected chi connectivity index (χ4v) is 7.85. The number of carbonyl (C=O) groups is 1. The summed E-state index contributed by atoms with van der Waals surface area (Å²) in [5, 5.41) is 0. The van der Waals surface area contributed by atoms with E-state index in [4.69, 9.17) is 19.9 Å². The number of nitrogens with zero attached hydrogens (tertiary/aromatic N) is 1. The molecule has 0 unspecified atom stereocenters. The molecule has 2 N–H and O–H groups in total. The molecule has 2 saturated carbocycles. The fraction of sp³-hybridized carbons (Fsp3) is 0.594.